The molecule has 3 rings (SSSR count). The van der Waals surface area contributed by atoms with Gasteiger partial charge in [-0.2, -0.15) is 5.26 Å². The fraction of sp³-hybridized carbons (Fsp3) is 0.250. The van der Waals surface area contributed by atoms with Crippen molar-refractivity contribution in [1.29, 1.82) is 5.26 Å². The number of halogens is 4. The van der Waals surface area contributed by atoms with Crippen LogP contribution in [0.5, 0.6) is 5.75 Å². The summed E-state index contributed by atoms with van der Waals surface area (Å²) < 4.78 is 40.6. The quantitative estimate of drug-likeness (QED) is 0.497. The second kappa shape index (κ2) is 8.53. The number of Topliss-reactive ketones (excluding diaryl/α,β-unsaturated/α-hetero) is 1. The third kappa shape index (κ3) is 5.27. The van der Waals surface area contributed by atoms with E-state index in [1.165, 1.54) is 12.1 Å². The number of allylic oxidation sites excluding steroid dienone is 1. The number of nitriles is 1. The number of aromatic nitrogens is 1. The summed E-state index contributed by atoms with van der Waals surface area (Å²) in [6.45, 7) is 1.10. The summed E-state index contributed by atoms with van der Waals surface area (Å²) in [5, 5.41) is 9.97. The van der Waals surface area contributed by atoms with E-state index in [-0.39, 0.29) is 5.56 Å². The molecule has 0 bridgehead atoms. The number of hydrogen-bond acceptors (Lipinski definition) is 5. The van der Waals surface area contributed by atoms with Gasteiger partial charge in [-0.25, -0.2) is 4.98 Å². The molecule has 0 fully saturated rings. The number of nitrogens with zero attached hydrogens (tertiary/aromatic N) is 3. The summed E-state index contributed by atoms with van der Waals surface area (Å²) >= 11 is 5.79. The summed E-state index contributed by atoms with van der Waals surface area (Å²) in [6, 6.07) is 10.0. The SMILES string of the molecule is N#CC(C(=O)c1ccc(OC(F)(F)F)cc1)C1=CCCN1Cc1ccc(Cl)nc1. The fourth-order valence-electron chi connectivity index (χ4n) is 3.06. The zero-order valence-electron chi connectivity index (χ0n) is 15.0. The number of carbonyl (C=O) groups excluding carboxylic acids is 1. The fourth-order valence-corrected chi connectivity index (χ4v) is 3.18. The Labute approximate surface area is 170 Å². The van der Waals surface area contributed by atoms with Gasteiger partial charge < -0.3 is 9.64 Å². The minimum Gasteiger partial charge on any atom is -0.406 e. The summed E-state index contributed by atoms with van der Waals surface area (Å²) in [5.41, 5.74) is 1.58. The van der Waals surface area contributed by atoms with Crippen molar-refractivity contribution in [2.75, 3.05) is 6.54 Å². The minimum atomic E-state index is -4.81. The van der Waals surface area contributed by atoms with E-state index in [2.05, 4.69) is 9.72 Å². The van der Waals surface area contributed by atoms with E-state index in [0.29, 0.717) is 30.4 Å². The number of ketones is 1. The highest BCUT2D eigenvalue weighted by molar-refractivity contribution is 6.29. The number of hydrogen-bond donors (Lipinski definition) is 0. The number of rotatable bonds is 6. The van der Waals surface area contributed by atoms with Crippen LogP contribution in [0.3, 0.4) is 0 Å². The van der Waals surface area contributed by atoms with Crippen molar-refractivity contribution in [2.45, 2.75) is 19.3 Å². The molecule has 5 nitrogen and oxygen atoms in total. The Balaban J connectivity index is 1.74. The largest absolute Gasteiger partial charge is 0.573 e. The normalized spacial score (nSPS) is 14.9. The van der Waals surface area contributed by atoms with Gasteiger partial charge >= 0.3 is 6.36 Å². The molecule has 0 saturated carbocycles. The first kappa shape index (κ1) is 20.7. The summed E-state index contributed by atoms with van der Waals surface area (Å²) in [6.07, 6.45) is -0.677. The van der Waals surface area contributed by atoms with Crippen LogP contribution in [0.1, 0.15) is 22.3 Å². The number of pyridine rings is 1. The molecule has 150 valence electrons. The predicted molar refractivity (Wildman–Crippen MR) is 98.9 cm³/mol. The summed E-state index contributed by atoms with van der Waals surface area (Å²) in [7, 11) is 0. The van der Waals surface area contributed by atoms with Gasteiger partial charge in [0.25, 0.3) is 0 Å². The Kier molecular flexibility index (Phi) is 6.09. The lowest BCUT2D eigenvalue weighted by molar-refractivity contribution is -0.274. The first-order valence-corrected chi connectivity index (χ1v) is 8.99. The van der Waals surface area contributed by atoms with Crippen LogP contribution in [0.2, 0.25) is 5.15 Å². The van der Waals surface area contributed by atoms with Crippen molar-refractivity contribution >= 4 is 17.4 Å². The van der Waals surface area contributed by atoms with Gasteiger partial charge in [0.2, 0.25) is 0 Å². The molecule has 0 radical (unpaired) electrons. The molecule has 0 spiro atoms. The third-order valence-corrected chi connectivity index (χ3v) is 4.56. The molecule has 1 unspecified atom stereocenters. The molecule has 1 aliphatic heterocycles. The second-order valence-electron chi connectivity index (χ2n) is 6.33. The number of carbonyl (C=O) groups is 1. The number of alkyl halides is 3. The van der Waals surface area contributed by atoms with Crippen LogP contribution in [-0.4, -0.2) is 28.6 Å². The summed E-state index contributed by atoms with van der Waals surface area (Å²) in [4.78, 5) is 18.8. The molecular formula is C20H15ClF3N3O2. The van der Waals surface area contributed by atoms with Crippen LogP contribution in [0.15, 0.2) is 54.4 Å². The number of benzene rings is 1. The molecule has 0 amide bonds. The molecule has 2 heterocycles. The lowest BCUT2D eigenvalue weighted by Crippen LogP contribution is -2.27. The van der Waals surface area contributed by atoms with Crippen LogP contribution in [0, 0.1) is 17.2 Å². The zero-order chi connectivity index (χ0) is 21.0. The lowest BCUT2D eigenvalue weighted by atomic mass is 9.95. The first-order valence-electron chi connectivity index (χ1n) is 8.62. The molecule has 0 aliphatic carbocycles. The summed E-state index contributed by atoms with van der Waals surface area (Å²) in [5.74, 6) is -1.98. The van der Waals surface area contributed by atoms with Crippen molar-refractivity contribution < 1.29 is 22.7 Å². The van der Waals surface area contributed by atoms with Crippen molar-refractivity contribution in [1.82, 2.24) is 9.88 Å². The van der Waals surface area contributed by atoms with Gasteiger partial charge in [-0.1, -0.05) is 23.7 Å². The average Bonchev–Trinajstić information content (AvgIpc) is 3.11. The van der Waals surface area contributed by atoms with E-state index in [1.807, 2.05) is 23.1 Å². The van der Waals surface area contributed by atoms with Crippen molar-refractivity contribution in [3.05, 3.63) is 70.6 Å². The smallest absolute Gasteiger partial charge is 0.406 e. The van der Waals surface area contributed by atoms with E-state index in [4.69, 9.17) is 11.6 Å². The van der Waals surface area contributed by atoms with Crippen LogP contribution < -0.4 is 4.74 Å². The van der Waals surface area contributed by atoms with Gasteiger partial charge in [-0.05, 0) is 42.3 Å². The van der Waals surface area contributed by atoms with Gasteiger partial charge in [-0.3, -0.25) is 4.79 Å². The van der Waals surface area contributed by atoms with Gasteiger partial charge in [0.15, 0.2) is 5.78 Å². The van der Waals surface area contributed by atoms with Crippen LogP contribution in [0.25, 0.3) is 0 Å². The maximum atomic E-state index is 12.8. The Morgan fingerprint density at radius 2 is 2.00 bits per heavy atom. The topological polar surface area (TPSA) is 66.2 Å². The van der Waals surface area contributed by atoms with E-state index in [1.54, 1.807) is 12.3 Å². The maximum Gasteiger partial charge on any atom is 0.573 e. The van der Waals surface area contributed by atoms with Crippen LogP contribution >= 0.6 is 11.6 Å². The highest BCUT2D eigenvalue weighted by Gasteiger charge is 2.32. The Morgan fingerprint density at radius 3 is 2.59 bits per heavy atom. The molecule has 1 aliphatic rings. The molecule has 1 aromatic carbocycles. The van der Waals surface area contributed by atoms with Crippen molar-refractivity contribution in [3.8, 4) is 11.8 Å². The monoisotopic (exact) mass is 421 g/mol. The van der Waals surface area contributed by atoms with E-state index >= 15 is 0 Å². The molecular weight excluding hydrogens is 407 g/mol. The van der Waals surface area contributed by atoms with Crippen LogP contribution in [-0.2, 0) is 6.54 Å². The molecule has 29 heavy (non-hydrogen) atoms. The first-order chi connectivity index (χ1) is 13.8. The van der Waals surface area contributed by atoms with Crippen molar-refractivity contribution in [3.63, 3.8) is 0 Å². The molecule has 2 aromatic rings. The highest BCUT2D eigenvalue weighted by atomic mass is 35.5. The van der Waals surface area contributed by atoms with Crippen molar-refractivity contribution in [2.24, 2.45) is 5.92 Å². The Hall–Kier alpha value is -3.05. The molecule has 0 N–H and O–H groups in total. The number of ether oxygens (including phenoxy) is 1. The van der Waals surface area contributed by atoms with E-state index in [0.717, 1.165) is 17.7 Å². The standard InChI is InChI=1S/C20H15ClF3N3O2/c21-18-8-3-13(11-26-18)12-27-9-1-2-17(27)16(10-25)19(28)14-4-6-15(7-5-14)29-20(22,23)24/h2-8,11,16H,1,9,12H2. The van der Waals surface area contributed by atoms with Gasteiger partial charge in [0, 0.05) is 30.5 Å². The Morgan fingerprint density at radius 1 is 1.28 bits per heavy atom. The van der Waals surface area contributed by atoms with E-state index in [9.17, 15) is 23.2 Å². The second-order valence-corrected chi connectivity index (χ2v) is 6.71. The van der Waals surface area contributed by atoms with Crippen LogP contribution in [0.4, 0.5) is 13.2 Å². The van der Waals surface area contributed by atoms with Gasteiger partial charge in [0.1, 0.15) is 16.8 Å². The third-order valence-electron chi connectivity index (χ3n) is 4.34. The highest BCUT2D eigenvalue weighted by Crippen LogP contribution is 2.29. The molecule has 0 saturated heterocycles. The molecule has 1 aromatic heterocycles. The Bertz CT molecular complexity index is 951. The van der Waals surface area contributed by atoms with E-state index < -0.39 is 23.8 Å². The van der Waals surface area contributed by atoms with Gasteiger partial charge in [-0.15, -0.1) is 13.2 Å². The molecule has 1 atom stereocenters. The minimum absolute atomic E-state index is 0.131. The zero-order valence-corrected chi connectivity index (χ0v) is 15.7. The average molecular weight is 422 g/mol. The molecule has 9 heteroatoms. The lowest BCUT2D eigenvalue weighted by Gasteiger charge is -2.25. The van der Waals surface area contributed by atoms with Gasteiger partial charge in [0.05, 0.1) is 6.07 Å². The predicted octanol–water partition coefficient (Wildman–Crippen LogP) is 4.75. The maximum absolute atomic E-state index is 12.8.